The summed E-state index contributed by atoms with van der Waals surface area (Å²) in [6.45, 7) is 4.79. The van der Waals surface area contributed by atoms with Crippen LogP contribution in [0, 0.1) is 0 Å². The third-order valence-corrected chi connectivity index (χ3v) is 4.30. The molecule has 3 heteroatoms. The van der Waals surface area contributed by atoms with Crippen LogP contribution in [0.5, 0.6) is 0 Å². The standard InChI is InChI=1S/C9H18N2S/c1-8-3-6-12-9(10-8)4-5-11(2)7-9/h8,10H,3-7H2,1-2H3. The van der Waals surface area contributed by atoms with Crippen molar-refractivity contribution in [2.45, 2.75) is 30.7 Å². The maximum atomic E-state index is 3.74. The summed E-state index contributed by atoms with van der Waals surface area (Å²) in [4.78, 5) is 2.84. The minimum atomic E-state index is 0.409. The fourth-order valence-electron chi connectivity index (χ4n) is 2.20. The maximum Gasteiger partial charge on any atom is 0.0787 e. The van der Waals surface area contributed by atoms with Crippen LogP contribution in [-0.4, -0.2) is 41.7 Å². The molecule has 1 spiro atoms. The van der Waals surface area contributed by atoms with Crippen molar-refractivity contribution in [1.82, 2.24) is 10.2 Å². The zero-order valence-corrected chi connectivity index (χ0v) is 8.78. The number of nitrogens with zero attached hydrogens (tertiary/aromatic N) is 1. The first-order chi connectivity index (χ1) is 5.70. The Morgan fingerprint density at radius 2 is 2.42 bits per heavy atom. The van der Waals surface area contributed by atoms with E-state index in [0.29, 0.717) is 4.87 Å². The van der Waals surface area contributed by atoms with Crippen molar-refractivity contribution in [3.63, 3.8) is 0 Å². The highest BCUT2D eigenvalue weighted by Crippen LogP contribution is 2.36. The highest BCUT2D eigenvalue weighted by atomic mass is 32.2. The Bertz CT molecular complexity index is 170. The van der Waals surface area contributed by atoms with Gasteiger partial charge in [-0.3, -0.25) is 5.32 Å². The number of nitrogens with one attached hydrogen (secondary N) is 1. The van der Waals surface area contributed by atoms with E-state index < -0.39 is 0 Å². The Hall–Kier alpha value is 0.270. The van der Waals surface area contributed by atoms with Gasteiger partial charge in [-0.05, 0) is 32.6 Å². The fraction of sp³-hybridized carbons (Fsp3) is 1.00. The van der Waals surface area contributed by atoms with Crippen LogP contribution in [0.2, 0.25) is 0 Å². The third kappa shape index (κ3) is 1.63. The summed E-state index contributed by atoms with van der Waals surface area (Å²) in [5.41, 5.74) is 0. The van der Waals surface area contributed by atoms with Gasteiger partial charge in [-0.15, -0.1) is 11.8 Å². The highest BCUT2D eigenvalue weighted by Gasteiger charge is 2.39. The summed E-state index contributed by atoms with van der Waals surface area (Å²) in [6.07, 6.45) is 2.65. The average molecular weight is 186 g/mol. The van der Waals surface area contributed by atoms with Gasteiger partial charge in [0.1, 0.15) is 0 Å². The predicted molar refractivity (Wildman–Crippen MR) is 54.5 cm³/mol. The van der Waals surface area contributed by atoms with E-state index in [0.717, 1.165) is 6.04 Å². The fourth-order valence-corrected chi connectivity index (χ4v) is 3.89. The van der Waals surface area contributed by atoms with Gasteiger partial charge in [-0.25, -0.2) is 0 Å². The Labute approximate surface area is 79.1 Å². The molecule has 0 aromatic heterocycles. The zero-order chi connectivity index (χ0) is 8.60. The lowest BCUT2D eigenvalue weighted by atomic mass is 10.1. The van der Waals surface area contributed by atoms with Gasteiger partial charge in [0.15, 0.2) is 0 Å². The van der Waals surface area contributed by atoms with E-state index in [2.05, 4.69) is 35.9 Å². The van der Waals surface area contributed by atoms with Crippen molar-refractivity contribution in [1.29, 1.82) is 0 Å². The lowest BCUT2D eigenvalue weighted by Gasteiger charge is -2.37. The molecule has 2 rings (SSSR count). The molecule has 70 valence electrons. The molecule has 0 bridgehead atoms. The average Bonchev–Trinajstić information content (AvgIpc) is 2.32. The number of hydrogen-bond donors (Lipinski definition) is 1. The molecule has 0 aliphatic carbocycles. The van der Waals surface area contributed by atoms with E-state index in [1.165, 1.54) is 31.7 Å². The topological polar surface area (TPSA) is 15.3 Å². The summed E-state index contributed by atoms with van der Waals surface area (Å²) in [5, 5.41) is 3.74. The van der Waals surface area contributed by atoms with Crippen LogP contribution in [-0.2, 0) is 0 Å². The Kier molecular flexibility index (Phi) is 2.36. The molecule has 0 amide bonds. The molecule has 2 fully saturated rings. The van der Waals surface area contributed by atoms with Gasteiger partial charge in [0, 0.05) is 19.1 Å². The molecule has 12 heavy (non-hydrogen) atoms. The van der Waals surface area contributed by atoms with Crippen LogP contribution >= 0.6 is 11.8 Å². The number of rotatable bonds is 0. The molecule has 2 saturated heterocycles. The molecule has 2 heterocycles. The van der Waals surface area contributed by atoms with E-state index in [1.54, 1.807) is 0 Å². The molecule has 2 atom stereocenters. The summed E-state index contributed by atoms with van der Waals surface area (Å²) >= 11 is 2.13. The van der Waals surface area contributed by atoms with Crippen molar-refractivity contribution >= 4 is 11.8 Å². The largest absolute Gasteiger partial charge is 0.304 e. The van der Waals surface area contributed by atoms with Gasteiger partial charge in [-0.2, -0.15) is 0 Å². The second kappa shape index (κ2) is 3.20. The van der Waals surface area contributed by atoms with Gasteiger partial charge < -0.3 is 4.90 Å². The predicted octanol–water partition coefficient (Wildman–Crippen LogP) is 1.13. The van der Waals surface area contributed by atoms with Crippen molar-refractivity contribution in [3.05, 3.63) is 0 Å². The summed E-state index contributed by atoms with van der Waals surface area (Å²) < 4.78 is 0. The van der Waals surface area contributed by atoms with Gasteiger partial charge in [0.05, 0.1) is 4.87 Å². The highest BCUT2D eigenvalue weighted by molar-refractivity contribution is 8.00. The molecule has 0 saturated carbocycles. The number of hydrogen-bond acceptors (Lipinski definition) is 3. The number of likely N-dealkylation sites (tertiary alicyclic amines) is 1. The molecule has 2 aliphatic heterocycles. The SMILES string of the molecule is CC1CCSC2(CCN(C)C2)N1. The van der Waals surface area contributed by atoms with E-state index >= 15 is 0 Å². The number of likely N-dealkylation sites (N-methyl/N-ethyl adjacent to an activating group) is 1. The van der Waals surface area contributed by atoms with Crippen molar-refractivity contribution < 1.29 is 0 Å². The van der Waals surface area contributed by atoms with Crippen molar-refractivity contribution in [2.24, 2.45) is 0 Å². The van der Waals surface area contributed by atoms with Crippen molar-refractivity contribution in [3.8, 4) is 0 Å². The first-order valence-corrected chi connectivity index (χ1v) is 5.79. The summed E-state index contributed by atoms with van der Waals surface area (Å²) in [7, 11) is 2.22. The molecule has 2 nitrogen and oxygen atoms in total. The Morgan fingerprint density at radius 1 is 1.58 bits per heavy atom. The van der Waals surface area contributed by atoms with Crippen LogP contribution in [0.4, 0.5) is 0 Å². The second-order valence-electron chi connectivity index (χ2n) is 4.16. The maximum absolute atomic E-state index is 3.74. The molecule has 2 aliphatic rings. The summed E-state index contributed by atoms with van der Waals surface area (Å²) in [6, 6.07) is 0.720. The van der Waals surface area contributed by atoms with Crippen LogP contribution < -0.4 is 5.32 Å². The molecule has 1 N–H and O–H groups in total. The molecular formula is C9H18N2S. The van der Waals surface area contributed by atoms with Crippen LogP contribution in [0.1, 0.15) is 19.8 Å². The first-order valence-electron chi connectivity index (χ1n) is 4.80. The number of thioether (sulfide) groups is 1. The summed E-state index contributed by atoms with van der Waals surface area (Å²) in [5.74, 6) is 1.34. The first kappa shape index (κ1) is 8.85. The third-order valence-electron chi connectivity index (χ3n) is 2.86. The Balaban J connectivity index is 2.00. The molecule has 0 aromatic carbocycles. The van der Waals surface area contributed by atoms with E-state index in [9.17, 15) is 0 Å². The van der Waals surface area contributed by atoms with E-state index in [4.69, 9.17) is 0 Å². The van der Waals surface area contributed by atoms with E-state index in [1.807, 2.05) is 0 Å². The normalized spacial score (nSPS) is 44.0. The molecule has 0 radical (unpaired) electrons. The molecule has 2 unspecified atom stereocenters. The minimum absolute atomic E-state index is 0.409. The van der Waals surface area contributed by atoms with E-state index in [-0.39, 0.29) is 0 Å². The van der Waals surface area contributed by atoms with Gasteiger partial charge in [0.25, 0.3) is 0 Å². The lowest BCUT2D eigenvalue weighted by Crippen LogP contribution is -2.51. The minimum Gasteiger partial charge on any atom is -0.304 e. The van der Waals surface area contributed by atoms with Crippen LogP contribution in [0.3, 0.4) is 0 Å². The lowest BCUT2D eigenvalue weighted by molar-refractivity contribution is 0.357. The van der Waals surface area contributed by atoms with Crippen LogP contribution in [0.15, 0.2) is 0 Å². The van der Waals surface area contributed by atoms with Crippen molar-refractivity contribution in [2.75, 3.05) is 25.9 Å². The second-order valence-corrected chi connectivity index (χ2v) is 5.64. The van der Waals surface area contributed by atoms with Crippen LogP contribution in [0.25, 0.3) is 0 Å². The quantitative estimate of drug-likeness (QED) is 0.610. The van der Waals surface area contributed by atoms with Gasteiger partial charge in [0.2, 0.25) is 0 Å². The van der Waals surface area contributed by atoms with Gasteiger partial charge >= 0.3 is 0 Å². The molecule has 0 aromatic rings. The molecular weight excluding hydrogens is 168 g/mol. The zero-order valence-electron chi connectivity index (χ0n) is 7.97. The Morgan fingerprint density at radius 3 is 3.00 bits per heavy atom. The smallest absolute Gasteiger partial charge is 0.0787 e. The van der Waals surface area contributed by atoms with Gasteiger partial charge in [-0.1, -0.05) is 0 Å². The monoisotopic (exact) mass is 186 g/mol.